The highest BCUT2D eigenvalue weighted by Crippen LogP contribution is 2.37. The van der Waals surface area contributed by atoms with Crippen molar-refractivity contribution < 1.29 is 18.0 Å². The van der Waals surface area contributed by atoms with Gasteiger partial charge in [-0.25, -0.2) is 8.78 Å². The molecule has 0 spiro atoms. The molecule has 1 fully saturated rings. The van der Waals surface area contributed by atoms with Gasteiger partial charge in [0.15, 0.2) is 11.4 Å². The van der Waals surface area contributed by atoms with Crippen LogP contribution in [0.4, 0.5) is 14.6 Å². The summed E-state index contributed by atoms with van der Waals surface area (Å²) in [5, 5.41) is 4.53. The van der Waals surface area contributed by atoms with Crippen molar-refractivity contribution >= 4 is 16.8 Å². The number of benzene rings is 2. The second kappa shape index (κ2) is 10.1. The number of alkyl halides is 2. The zero-order chi connectivity index (χ0) is 26.2. The molecule has 1 aliphatic rings. The number of hydrogen-bond donors (Lipinski definition) is 1. The molecule has 0 saturated carbocycles. The van der Waals surface area contributed by atoms with Crippen LogP contribution in [-0.2, 0) is 19.4 Å². The minimum absolute atomic E-state index is 0.0725. The minimum Gasteiger partial charge on any atom is -0.457 e. The van der Waals surface area contributed by atoms with E-state index in [0.717, 1.165) is 35.4 Å². The number of ether oxygens (including phenoxy) is 1. The van der Waals surface area contributed by atoms with Crippen LogP contribution in [0.1, 0.15) is 49.1 Å². The fourth-order valence-corrected chi connectivity index (χ4v) is 5.19. The van der Waals surface area contributed by atoms with Crippen LogP contribution in [0.3, 0.4) is 0 Å². The molecule has 3 heterocycles. The van der Waals surface area contributed by atoms with Crippen LogP contribution in [0.25, 0.3) is 22.2 Å². The highest BCUT2D eigenvalue weighted by atomic mass is 19.3. The molecule has 194 valence electrons. The average Bonchev–Trinajstić information content (AvgIpc) is 3.24. The molecule has 0 radical (unpaired) electrons. The number of aromatic nitrogens is 2. The van der Waals surface area contributed by atoms with Crippen LogP contribution in [0.5, 0.6) is 11.5 Å². The number of hydrogen-bond acceptors (Lipinski definition) is 6. The molecule has 0 amide bonds. The number of aryl methyl sites for hydroxylation is 3. The first-order valence-corrected chi connectivity index (χ1v) is 12.8. The number of nitrogens with two attached hydrogens (primary N) is 1. The SMILES string of the molecule is CCc1cccc(CC)c1-c1cc(Oc2ccc3c(N)noc3c2)c(CN2CCCC(F)(F)C2)c(C)n1. The lowest BCUT2D eigenvalue weighted by atomic mass is 9.94. The summed E-state index contributed by atoms with van der Waals surface area (Å²) in [5.41, 5.74) is 12.3. The van der Waals surface area contributed by atoms with Gasteiger partial charge in [0.2, 0.25) is 0 Å². The summed E-state index contributed by atoms with van der Waals surface area (Å²) < 4.78 is 40.1. The number of nitrogen functional groups attached to an aromatic ring is 1. The van der Waals surface area contributed by atoms with Gasteiger partial charge in [-0.3, -0.25) is 9.88 Å². The number of halogens is 2. The first-order valence-electron chi connectivity index (χ1n) is 12.8. The summed E-state index contributed by atoms with van der Waals surface area (Å²) in [7, 11) is 0. The van der Waals surface area contributed by atoms with Crippen LogP contribution in [0.2, 0.25) is 0 Å². The Morgan fingerprint density at radius 1 is 1.11 bits per heavy atom. The van der Waals surface area contributed by atoms with Crippen molar-refractivity contribution in [2.75, 3.05) is 18.8 Å². The number of nitrogens with zero attached hydrogens (tertiary/aromatic N) is 3. The van der Waals surface area contributed by atoms with Gasteiger partial charge in [0.05, 0.1) is 17.6 Å². The van der Waals surface area contributed by atoms with Crippen LogP contribution in [-0.4, -0.2) is 34.1 Å². The molecule has 2 aromatic carbocycles. The summed E-state index contributed by atoms with van der Waals surface area (Å²) >= 11 is 0. The fraction of sp³-hybridized carbons (Fsp3) is 0.379. The lowest BCUT2D eigenvalue weighted by Gasteiger charge is -2.33. The molecule has 0 atom stereocenters. The van der Waals surface area contributed by atoms with Crippen molar-refractivity contribution in [2.24, 2.45) is 0 Å². The number of rotatable bonds is 7. The summed E-state index contributed by atoms with van der Waals surface area (Å²) in [4.78, 5) is 6.77. The van der Waals surface area contributed by atoms with Gasteiger partial charge in [-0.05, 0) is 56.0 Å². The van der Waals surface area contributed by atoms with Crippen LogP contribution in [0, 0.1) is 6.92 Å². The van der Waals surface area contributed by atoms with Crippen molar-refractivity contribution in [1.82, 2.24) is 15.0 Å². The molecule has 8 heteroatoms. The Kier molecular flexibility index (Phi) is 6.86. The molecule has 5 rings (SSSR count). The van der Waals surface area contributed by atoms with Gasteiger partial charge in [0.1, 0.15) is 11.5 Å². The molecule has 0 unspecified atom stereocenters. The molecule has 0 bridgehead atoms. The van der Waals surface area contributed by atoms with E-state index in [2.05, 4.69) is 37.2 Å². The lowest BCUT2D eigenvalue weighted by Crippen LogP contribution is -2.42. The Hall–Kier alpha value is -3.52. The van der Waals surface area contributed by atoms with E-state index in [1.807, 2.05) is 19.1 Å². The smallest absolute Gasteiger partial charge is 0.260 e. The predicted octanol–water partition coefficient (Wildman–Crippen LogP) is 6.93. The monoisotopic (exact) mass is 506 g/mol. The van der Waals surface area contributed by atoms with Crippen molar-refractivity contribution in [3.63, 3.8) is 0 Å². The summed E-state index contributed by atoms with van der Waals surface area (Å²) in [5.74, 6) is -1.23. The number of anilines is 1. The van der Waals surface area contributed by atoms with Crippen molar-refractivity contribution in [1.29, 1.82) is 0 Å². The van der Waals surface area contributed by atoms with E-state index >= 15 is 0 Å². The molecular weight excluding hydrogens is 474 g/mol. The molecule has 1 aliphatic heterocycles. The van der Waals surface area contributed by atoms with E-state index in [-0.39, 0.29) is 13.0 Å². The summed E-state index contributed by atoms with van der Waals surface area (Å²) in [6.45, 7) is 6.86. The maximum absolute atomic E-state index is 14.2. The van der Waals surface area contributed by atoms with Gasteiger partial charge >= 0.3 is 0 Å². The van der Waals surface area contributed by atoms with Gasteiger partial charge in [-0.1, -0.05) is 37.2 Å². The Morgan fingerprint density at radius 2 is 1.86 bits per heavy atom. The fourth-order valence-electron chi connectivity index (χ4n) is 5.19. The van der Waals surface area contributed by atoms with Crippen molar-refractivity contribution in [3.8, 4) is 22.8 Å². The molecule has 2 N–H and O–H groups in total. The third-order valence-corrected chi connectivity index (χ3v) is 7.10. The van der Waals surface area contributed by atoms with E-state index < -0.39 is 5.92 Å². The zero-order valence-electron chi connectivity index (χ0n) is 21.5. The Balaban J connectivity index is 1.60. The van der Waals surface area contributed by atoms with Crippen LogP contribution >= 0.6 is 0 Å². The second-order valence-electron chi connectivity index (χ2n) is 9.73. The first-order chi connectivity index (χ1) is 17.8. The van der Waals surface area contributed by atoms with Gasteiger partial charge in [0, 0.05) is 41.9 Å². The molecule has 4 aromatic rings. The first kappa shape index (κ1) is 25.1. The molecule has 37 heavy (non-hydrogen) atoms. The largest absolute Gasteiger partial charge is 0.457 e. The maximum Gasteiger partial charge on any atom is 0.260 e. The molecule has 2 aromatic heterocycles. The Bertz CT molecular complexity index is 1410. The second-order valence-corrected chi connectivity index (χ2v) is 9.73. The van der Waals surface area contributed by atoms with Crippen molar-refractivity contribution in [2.45, 2.75) is 58.9 Å². The topological polar surface area (TPSA) is 77.4 Å². The predicted molar refractivity (Wildman–Crippen MR) is 141 cm³/mol. The van der Waals surface area contributed by atoms with Crippen LogP contribution in [0.15, 0.2) is 47.0 Å². The van der Waals surface area contributed by atoms with E-state index in [1.165, 1.54) is 11.1 Å². The minimum atomic E-state index is -2.69. The third kappa shape index (κ3) is 5.16. The van der Waals surface area contributed by atoms with Crippen molar-refractivity contribution in [3.05, 3.63) is 64.8 Å². The van der Waals surface area contributed by atoms with Gasteiger partial charge in [-0.2, -0.15) is 0 Å². The van der Waals surface area contributed by atoms with E-state index in [4.69, 9.17) is 20.0 Å². The maximum atomic E-state index is 14.2. The highest BCUT2D eigenvalue weighted by molar-refractivity contribution is 5.87. The standard InChI is InChI=1S/C29H32F2N4O2/c1-4-19-8-6-9-20(5-2)27(19)24-15-25(36-21-10-11-22-26(14-21)37-34-28(22)32)23(18(3)33-24)16-35-13-7-12-29(30,31)17-35/h6,8-11,14-15H,4-5,7,12-13,16-17H2,1-3H3,(H2,32,34). The van der Waals surface area contributed by atoms with E-state index in [0.29, 0.717) is 47.8 Å². The molecule has 6 nitrogen and oxygen atoms in total. The average molecular weight is 507 g/mol. The normalized spacial score (nSPS) is 15.8. The highest BCUT2D eigenvalue weighted by Gasteiger charge is 2.35. The Labute approximate surface area is 215 Å². The zero-order valence-corrected chi connectivity index (χ0v) is 21.5. The van der Waals surface area contributed by atoms with E-state index in [1.54, 1.807) is 17.0 Å². The Morgan fingerprint density at radius 3 is 2.57 bits per heavy atom. The number of pyridine rings is 1. The number of piperidine rings is 1. The molecule has 1 saturated heterocycles. The molecular formula is C29H32F2N4O2. The number of likely N-dealkylation sites (tertiary alicyclic amines) is 1. The van der Waals surface area contributed by atoms with Gasteiger partial charge < -0.3 is 15.0 Å². The van der Waals surface area contributed by atoms with Crippen LogP contribution < -0.4 is 10.5 Å². The van der Waals surface area contributed by atoms with E-state index in [9.17, 15) is 8.78 Å². The summed E-state index contributed by atoms with van der Waals surface area (Å²) in [6, 6.07) is 13.6. The van der Waals surface area contributed by atoms with Gasteiger partial charge in [0.25, 0.3) is 5.92 Å². The quantitative estimate of drug-likeness (QED) is 0.293. The third-order valence-electron chi connectivity index (χ3n) is 7.10. The number of fused-ring (bicyclic) bond motifs is 1. The molecule has 0 aliphatic carbocycles. The lowest BCUT2D eigenvalue weighted by molar-refractivity contribution is -0.0662. The summed E-state index contributed by atoms with van der Waals surface area (Å²) in [6.07, 6.45) is 2.13. The van der Waals surface area contributed by atoms with Gasteiger partial charge in [-0.15, -0.1) is 0 Å².